The molecule has 3 N–H and O–H groups in total. The number of nitrogens with one attached hydrogen (secondary N) is 2. The Balaban J connectivity index is 2.05. The van der Waals surface area contributed by atoms with Crippen LogP contribution in [0.25, 0.3) is 0 Å². The average Bonchev–Trinajstić information content (AvgIpc) is 2.82. The van der Waals surface area contributed by atoms with E-state index in [0.717, 1.165) is 19.4 Å². The van der Waals surface area contributed by atoms with Crippen LogP contribution in [0.5, 0.6) is 0 Å². The molecule has 0 aromatic carbocycles. The van der Waals surface area contributed by atoms with E-state index in [1.807, 2.05) is 0 Å². The Hall–Kier alpha value is -1.95. The third-order valence-corrected chi connectivity index (χ3v) is 2.63. The summed E-state index contributed by atoms with van der Waals surface area (Å²) in [4.78, 5) is 26.2. The number of carbonyl (C=O) groups excluding carboxylic acids is 1. The van der Waals surface area contributed by atoms with E-state index in [0.29, 0.717) is 5.69 Å². The van der Waals surface area contributed by atoms with Gasteiger partial charge in [0.15, 0.2) is 0 Å². The average molecular weight is 235 g/mol. The molecule has 0 aliphatic carbocycles. The molecule has 0 unspecified atom stereocenters. The lowest BCUT2D eigenvalue weighted by molar-refractivity contribution is -0.117. The molecule has 1 amide bonds. The zero-order valence-corrected chi connectivity index (χ0v) is 9.14. The van der Waals surface area contributed by atoms with Gasteiger partial charge in [0.25, 0.3) is 0 Å². The maximum atomic E-state index is 11.7. The maximum Gasteiger partial charge on any atom is 0.337 e. The van der Waals surface area contributed by atoms with Crippen molar-refractivity contribution >= 4 is 17.6 Å². The number of anilines is 1. The molecule has 0 bridgehead atoms. The molecule has 1 aromatic rings. The van der Waals surface area contributed by atoms with Gasteiger partial charge in [-0.25, -0.2) is 4.79 Å². The molecule has 2 rings (SSSR count). The molecule has 1 fully saturated rings. The van der Waals surface area contributed by atoms with E-state index in [1.54, 1.807) is 0 Å². The predicted octanol–water partition coefficient (Wildman–Crippen LogP) is 0.470. The van der Waals surface area contributed by atoms with Crippen LogP contribution in [0.4, 0.5) is 5.69 Å². The first-order valence-corrected chi connectivity index (χ1v) is 5.39. The molecular weight excluding hydrogens is 222 g/mol. The fraction of sp³-hybridized carbons (Fsp3) is 0.364. The molecule has 1 aromatic heterocycles. The van der Waals surface area contributed by atoms with Crippen LogP contribution in [0, 0.1) is 0 Å². The van der Waals surface area contributed by atoms with Crippen LogP contribution in [-0.2, 0) is 4.79 Å². The highest BCUT2D eigenvalue weighted by Crippen LogP contribution is 2.11. The van der Waals surface area contributed by atoms with E-state index in [2.05, 4.69) is 15.6 Å². The van der Waals surface area contributed by atoms with Gasteiger partial charge in [-0.05, 0) is 25.5 Å². The standard InChI is InChI=1S/C11H13N3O3/c15-10(9-2-1-3-13-9)14-8-4-7(11(16)17)5-12-6-8/h4-6,9,13H,1-3H2,(H,14,15)(H,16,17)/t9-/m0/s1. The molecule has 6 heteroatoms. The molecule has 1 atom stereocenters. The molecule has 0 spiro atoms. The summed E-state index contributed by atoms with van der Waals surface area (Å²) < 4.78 is 0. The highest BCUT2D eigenvalue weighted by atomic mass is 16.4. The number of aromatic carboxylic acids is 1. The Morgan fingerprint density at radius 2 is 2.29 bits per heavy atom. The number of carbonyl (C=O) groups is 2. The van der Waals surface area contributed by atoms with Crippen LogP contribution in [0.1, 0.15) is 23.2 Å². The first kappa shape index (κ1) is 11.5. The molecule has 1 aliphatic heterocycles. The fourth-order valence-corrected chi connectivity index (χ4v) is 1.76. The summed E-state index contributed by atoms with van der Waals surface area (Å²) in [5, 5.41) is 14.5. The second-order valence-corrected chi connectivity index (χ2v) is 3.91. The number of amides is 1. The second kappa shape index (κ2) is 4.92. The van der Waals surface area contributed by atoms with E-state index in [9.17, 15) is 9.59 Å². The number of rotatable bonds is 3. The van der Waals surface area contributed by atoms with Crippen LogP contribution >= 0.6 is 0 Å². The van der Waals surface area contributed by atoms with E-state index in [-0.39, 0.29) is 17.5 Å². The van der Waals surface area contributed by atoms with E-state index in [1.165, 1.54) is 18.5 Å². The second-order valence-electron chi connectivity index (χ2n) is 3.91. The van der Waals surface area contributed by atoms with Crippen molar-refractivity contribution in [1.29, 1.82) is 0 Å². The Kier molecular flexibility index (Phi) is 3.34. The Morgan fingerprint density at radius 3 is 2.94 bits per heavy atom. The van der Waals surface area contributed by atoms with Crippen molar-refractivity contribution in [3.8, 4) is 0 Å². The Bertz CT molecular complexity index is 441. The zero-order valence-electron chi connectivity index (χ0n) is 9.14. The van der Waals surface area contributed by atoms with Crippen LogP contribution in [0.3, 0.4) is 0 Å². The number of hydrogen-bond donors (Lipinski definition) is 3. The van der Waals surface area contributed by atoms with Gasteiger partial charge in [-0.2, -0.15) is 0 Å². The molecule has 2 heterocycles. The maximum absolute atomic E-state index is 11.7. The van der Waals surface area contributed by atoms with Gasteiger partial charge in [0.1, 0.15) is 0 Å². The number of carboxylic acids is 1. The molecule has 17 heavy (non-hydrogen) atoms. The number of carboxylic acid groups (broad SMARTS) is 1. The lowest BCUT2D eigenvalue weighted by Crippen LogP contribution is -2.35. The van der Waals surface area contributed by atoms with Crippen molar-refractivity contribution in [1.82, 2.24) is 10.3 Å². The van der Waals surface area contributed by atoms with Crippen LogP contribution in [-0.4, -0.2) is 34.6 Å². The van der Waals surface area contributed by atoms with Gasteiger partial charge >= 0.3 is 5.97 Å². The van der Waals surface area contributed by atoms with E-state index < -0.39 is 5.97 Å². The minimum atomic E-state index is -1.06. The number of hydrogen-bond acceptors (Lipinski definition) is 4. The van der Waals surface area contributed by atoms with Crippen molar-refractivity contribution in [2.75, 3.05) is 11.9 Å². The SMILES string of the molecule is O=C(O)c1cncc(NC(=O)[C@@H]2CCCN2)c1. The van der Waals surface area contributed by atoms with Crippen molar-refractivity contribution in [2.45, 2.75) is 18.9 Å². The summed E-state index contributed by atoms with van der Waals surface area (Å²) in [6.45, 7) is 0.839. The fourth-order valence-electron chi connectivity index (χ4n) is 1.76. The summed E-state index contributed by atoms with van der Waals surface area (Å²) in [6.07, 6.45) is 4.45. The van der Waals surface area contributed by atoms with Gasteiger partial charge < -0.3 is 15.7 Å². The Labute approximate surface area is 98.1 Å². The molecule has 0 radical (unpaired) electrons. The van der Waals surface area contributed by atoms with Gasteiger partial charge in [0.05, 0.1) is 23.5 Å². The summed E-state index contributed by atoms with van der Waals surface area (Å²) in [5.74, 6) is -1.21. The van der Waals surface area contributed by atoms with Crippen molar-refractivity contribution < 1.29 is 14.7 Å². The Morgan fingerprint density at radius 1 is 1.47 bits per heavy atom. The first-order valence-electron chi connectivity index (χ1n) is 5.39. The highest BCUT2D eigenvalue weighted by molar-refractivity contribution is 5.96. The molecule has 6 nitrogen and oxygen atoms in total. The van der Waals surface area contributed by atoms with Crippen molar-refractivity contribution in [2.24, 2.45) is 0 Å². The van der Waals surface area contributed by atoms with Crippen LogP contribution in [0.2, 0.25) is 0 Å². The van der Waals surface area contributed by atoms with Crippen molar-refractivity contribution in [3.63, 3.8) is 0 Å². The van der Waals surface area contributed by atoms with Crippen molar-refractivity contribution in [3.05, 3.63) is 24.0 Å². The minimum Gasteiger partial charge on any atom is -0.478 e. The monoisotopic (exact) mass is 235 g/mol. The van der Waals surface area contributed by atoms with Gasteiger partial charge in [-0.3, -0.25) is 9.78 Å². The van der Waals surface area contributed by atoms with E-state index >= 15 is 0 Å². The lowest BCUT2D eigenvalue weighted by Gasteiger charge is -2.10. The van der Waals surface area contributed by atoms with Crippen LogP contribution < -0.4 is 10.6 Å². The van der Waals surface area contributed by atoms with Crippen LogP contribution in [0.15, 0.2) is 18.5 Å². The van der Waals surface area contributed by atoms with Gasteiger partial charge in [-0.15, -0.1) is 0 Å². The van der Waals surface area contributed by atoms with Gasteiger partial charge in [0.2, 0.25) is 5.91 Å². The van der Waals surface area contributed by atoms with Gasteiger partial charge in [-0.1, -0.05) is 0 Å². The summed E-state index contributed by atoms with van der Waals surface area (Å²) in [6, 6.07) is 1.20. The number of pyridine rings is 1. The summed E-state index contributed by atoms with van der Waals surface area (Å²) >= 11 is 0. The molecule has 1 aliphatic rings. The molecular formula is C11H13N3O3. The molecule has 0 saturated carbocycles. The first-order chi connectivity index (χ1) is 8.16. The highest BCUT2D eigenvalue weighted by Gasteiger charge is 2.22. The zero-order chi connectivity index (χ0) is 12.3. The number of aromatic nitrogens is 1. The predicted molar refractivity (Wildman–Crippen MR) is 60.9 cm³/mol. The summed E-state index contributed by atoms with van der Waals surface area (Å²) in [7, 11) is 0. The third-order valence-electron chi connectivity index (χ3n) is 2.63. The number of nitrogens with zero attached hydrogens (tertiary/aromatic N) is 1. The molecule has 90 valence electrons. The quantitative estimate of drug-likeness (QED) is 0.708. The molecule has 1 saturated heterocycles. The van der Waals surface area contributed by atoms with Gasteiger partial charge in [0, 0.05) is 6.20 Å². The topological polar surface area (TPSA) is 91.3 Å². The summed E-state index contributed by atoms with van der Waals surface area (Å²) in [5.41, 5.74) is 0.464. The largest absolute Gasteiger partial charge is 0.478 e. The third kappa shape index (κ3) is 2.79. The smallest absolute Gasteiger partial charge is 0.337 e. The minimum absolute atomic E-state index is 0.0576. The lowest BCUT2D eigenvalue weighted by atomic mass is 10.2. The normalized spacial score (nSPS) is 18.9. The van der Waals surface area contributed by atoms with E-state index in [4.69, 9.17) is 5.11 Å².